The minimum Gasteiger partial charge on any atom is -0.475 e. The van der Waals surface area contributed by atoms with Gasteiger partial charge in [0, 0.05) is 29.4 Å². The minimum atomic E-state index is -0.250. The van der Waals surface area contributed by atoms with E-state index in [-0.39, 0.29) is 11.9 Å². The van der Waals surface area contributed by atoms with Gasteiger partial charge in [-0.1, -0.05) is 0 Å². The molecule has 0 unspecified atom stereocenters. The second kappa shape index (κ2) is 8.10. The molecule has 0 spiro atoms. The highest BCUT2D eigenvalue weighted by atomic mass is 19.1. The third kappa shape index (κ3) is 3.92. The quantitative estimate of drug-likeness (QED) is 0.710. The minimum absolute atomic E-state index is 0.0497. The first-order valence-electron chi connectivity index (χ1n) is 9.78. The van der Waals surface area contributed by atoms with Crippen LogP contribution in [0.1, 0.15) is 32.7 Å². The van der Waals surface area contributed by atoms with Crippen LogP contribution in [0.4, 0.5) is 4.39 Å². The number of rotatable bonds is 5. The van der Waals surface area contributed by atoms with Gasteiger partial charge in [-0.2, -0.15) is 0 Å². The maximum Gasteiger partial charge on any atom is 0.214 e. The van der Waals surface area contributed by atoms with Gasteiger partial charge in [-0.3, -0.25) is 0 Å². The molecule has 3 aromatic rings. The molecule has 1 fully saturated rings. The third-order valence-corrected chi connectivity index (χ3v) is 4.98. The van der Waals surface area contributed by atoms with E-state index in [1.807, 2.05) is 32.3 Å². The average molecular weight is 380 g/mol. The first-order chi connectivity index (χ1) is 13.6. The van der Waals surface area contributed by atoms with Gasteiger partial charge in [0.1, 0.15) is 5.82 Å². The van der Waals surface area contributed by atoms with Gasteiger partial charge in [0.05, 0.1) is 23.8 Å². The third-order valence-electron chi connectivity index (χ3n) is 4.98. The molecular weight excluding hydrogens is 355 g/mol. The summed E-state index contributed by atoms with van der Waals surface area (Å²) in [5.74, 6) is 0.343. The molecule has 1 N–H and O–H groups in total. The van der Waals surface area contributed by atoms with Crippen LogP contribution in [0.2, 0.25) is 0 Å². The number of ether oxygens (including phenoxy) is 1. The summed E-state index contributed by atoms with van der Waals surface area (Å²) < 4.78 is 21.5. The average Bonchev–Trinajstić information content (AvgIpc) is 3.14. The molecule has 1 aromatic carbocycles. The van der Waals surface area contributed by atoms with Gasteiger partial charge in [0.25, 0.3) is 0 Å². The summed E-state index contributed by atoms with van der Waals surface area (Å²) in [6.45, 7) is 5.95. The predicted octanol–water partition coefficient (Wildman–Crippen LogP) is 4.46. The van der Waals surface area contributed by atoms with E-state index in [0.717, 1.165) is 48.4 Å². The summed E-state index contributed by atoms with van der Waals surface area (Å²) in [7, 11) is 0. The summed E-state index contributed by atoms with van der Waals surface area (Å²) in [6, 6.07) is 10.8. The molecule has 0 aliphatic carbocycles. The molecule has 1 aliphatic heterocycles. The predicted molar refractivity (Wildman–Crippen MR) is 108 cm³/mol. The SMILES string of the molecule is CC(C)Oc1cc(-c2c(-c3ccc(F)cc3)ncn2C2CCNCC2)ccn1. The molecule has 28 heavy (non-hydrogen) atoms. The summed E-state index contributed by atoms with van der Waals surface area (Å²) in [5, 5.41) is 3.41. The Morgan fingerprint density at radius 1 is 1.07 bits per heavy atom. The van der Waals surface area contributed by atoms with Crippen molar-refractivity contribution in [3.63, 3.8) is 0 Å². The van der Waals surface area contributed by atoms with E-state index in [1.165, 1.54) is 12.1 Å². The number of nitrogens with one attached hydrogen (secondary N) is 1. The number of aromatic nitrogens is 3. The van der Waals surface area contributed by atoms with Gasteiger partial charge in [0.2, 0.25) is 5.88 Å². The first kappa shape index (κ1) is 18.6. The van der Waals surface area contributed by atoms with Gasteiger partial charge in [0.15, 0.2) is 0 Å². The first-order valence-corrected chi connectivity index (χ1v) is 9.78. The van der Waals surface area contributed by atoms with E-state index in [4.69, 9.17) is 9.72 Å². The summed E-state index contributed by atoms with van der Waals surface area (Å²) >= 11 is 0. The monoisotopic (exact) mass is 380 g/mol. The van der Waals surface area contributed by atoms with Crippen molar-refractivity contribution in [1.82, 2.24) is 19.9 Å². The number of pyridine rings is 1. The number of benzene rings is 1. The highest BCUT2D eigenvalue weighted by Crippen LogP contribution is 2.36. The van der Waals surface area contributed by atoms with Crippen LogP contribution in [0.15, 0.2) is 48.9 Å². The fourth-order valence-electron chi connectivity index (χ4n) is 3.69. The van der Waals surface area contributed by atoms with Crippen LogP contribution in [0, 0.1) is 5.82 Å². The molecule has 0 radical (unpaired) electrons. The lowest BCUT2D eigenvalue weighted by Crippen LogP contribution is -2.29. The molecule has 4 rings (SSSR count). The second-order valence-electron chi connectivity index (χ2n) is 7.39. The zero-order chi connectivity index (χ0) is 19.5. The summed E-state index contributed by atoms with van der Waals surface area (Å²) in [5.41, 5.74) is 3.77. The Kier molecular flexibility index (Phi) is 5.39. The van der Waals surface area contributed by atoms with Gasteiger partial charge in [-0.15, -0.1) is 0 Å². The molecule has 0 atom stereocenters. The number of nitrogens with zero attached hydrogens (tertiary/aromatic N) is 3. The van der Waals surface area contributed by atoms with Crippen LogP contribution in [0.3, 0.4) is 0 Å². The van der Waals surface area contributed by atoms with Crippen molar-refractivity contribution in [1.29, 1.82) is 0 Å². The molecule has 146 valence electrons. The van der Waals surface area contributed by atoms with E-state index in [1.54, 1.807) is 18.3 Å². The van der Waals surface area contributed by atoms with E-state index in [0.29, 0.717) is 11.9 Å². The normalized spacial score (nSPS) is 15.1. The Hall–Kier alpha value is -2.73. The van der Waals surface area contributed by atoms with E-state index in [2.05, 4.69) is 14.9 Å². The lowest BCUT2D eigenvalue weighted by Gasteiger charge is -2.26. The fraction of sp³-hybridized carbons (Fsp3) is 0.364. The molecule has 0 amide bonds. The molecule has 1 aliphatic rings. The molecule has 6 heteroatoms. The lowest BCUT2D eigenvalue weighted by molar-refractivity contribution is 0.233. The largest absolute Gasteiger partial charge is 0.475 e. The lowest BCUT2D eigenvalue weighted by atomic mass is 10.0. The Labute approximate surface area is 164 Å². The van der Waals surface area contributed by atoms with Crippen molar-refractivity contribution < 1.29 is 9.13 Å². The summed E-state index contributed by atoms with van der Waals surface area (Å²) in [6.07, 6.45) is 5.82. The fourth-order valence-corrected chi connectivity index (χ4v) is 3.69. The van der Waals surface area contributed by atoms with Gasteiger partial charge < -0.3 is 14.6 Å². The van der Waals surface area contributed by atoms with E-state index >= 15 is 0 Å². The molecule has 0 saturated carbocycles. The van der Waals surface area contributed by atoms with Crippen LogP contribution >= 0.6 is 0 Å². The van der Waals surface area contributed by atoms with Crippen molar-refractivity contribution in [3.05, 3.63) is 54.7 Å². The van der Waals surface area contributed by atoms with Gasteiger partial charge >= 0.3 is 0 Å². The van der Waals surface area contributed by atoms with Gasteiger partial charge in [-0.25, -0.2) is 14.4 Å². The number of halogens is 1. The molecule has 3 heterocycles. The smallest absolute Gasteiger partial charge is 0.214 e. The molecule has 0 bridgehead atoms. The number of hydrogen-bond acceptors (Lipinski definition) is 4. The van der Waals surface area contributed by atoms with Crippen LogP contribution < -0.4 is 10.1 Å². The van der Waals surface area contributed by atoms with Crippen molar-refractivity contribution in [2.75, 3.05) is 13.1 Å². The van der Waals surface area contributed by atoms with Crippen LogP contribution in [-0.2, 0) is 0 Å². The Balaban J connectivity index is 1.82. The van der Waals surface area contributed by atoms with Crippen molar-refractivity contribution in [2.45, 2.75) is 38.8 Å². The number of imidazole rings is 1. The second-order valence-corrected chi connectivity index (χ2v) is 7.39. The molecule has 2 aromatic heterocycles. The maximum absolute atomic E-state index is 13.4. The zero-order valence-corrected chi connectivity index (χ0v) is 16.2. The molecule has 5 nitrogen and oxygen atoms in total. The van der Waals surface area contributed by atoms with Crippen LogP contribution in [-0.4, -0.2) is 33.7 Å². The Bertz CT molecular complexity index is 930. The van der Waals surface area contributed by atoms with Crippen molar-refractivity contribution in [3.8, 4) is 28.4 Å². The zero-order valence-electron chi connectivity index (χ0n) is 16.2. The van der Waals surface area contributed by atoms with Crippen molar-refractivity contribution >= 4 is 0 Å². The van der Waals surface area contributed by atoms with Crippen LogP contribution in [0.25, 0.3) is 22.5 Å². The van der Waals surface area contributed by atoms with Crippen LogP contribution in [0.5, 0.6) is 5.88 Å². The van der Waals surface area contributed by atoms with E-state index in [9.17, 15) is 4.39 Å². The molecule has 1 saturated heterocycles. The highest BCUT2D eigenvalue weighted by Gasteiger charge is 2.22. The number of hydrogen-bond donors (Lipinski definition) is 1. The topological polar surface area (TPSA) is 52.0 Å². The molecular formula is C22H25FN4O. The highest BCUT2D eigenvalue weighted by molar-refractivity contribution is 5.79. The summed E-state index contributed by atoms with van der Waals surface area (Å²) in [4.78, 5) is 9.05. The number of piperidine rings is 1. The maximum atomic E-state index is 13.4. The standard InChI is InChI=1S/C22H25FN4O/c1-15(2)28-20-13-17(7-12-25-20)22-21(16-3-5-18(23)6-4-16)26-14-27(22)19-8-10-24-11-9-19/h3-7,12-15,19,24H,8-11H2,1-2H3. The van der Waals surface area contributed by atoms with Gasteiger partial charge in [-0.05, 0) is 70.1 Å². The Morgan fingerprint density at radius 3 is 2.54 bits per heavy atom. The Morgan fingerprint density at radius 2 is 1.82 bits per heavy atom. The van der Waals surface area contributed by atoms with Crippen molar-refractivity contribution in [2.24, 2.45) is 0 Å². The van der Waals surface area contributed by atoms with E-state index < -0.39 is 0 Å².